The van der Waals surface area contributed by atoms with Gasteiger partial charge in [0.25, 0.3) is 0 Å². The van der Waals surface area contributed by atoms with E-state index in [0.29, 0.717) is 41.8 Å². The second-order valence-corrected chi connectivity index (χ2v) is 12.7. The van der Waals surface area contributed by atoms with E-state index in [1.54, 1.807) is 29.2 Å². The van der Waals surface area contributed by atoms with E-state index in [9.17, 15) is 18.0 Å². The number of anilines is 2. The minimum absolute atomic E-state index is 0.135. The molecule has 0 atom stereocenters. The number of hydrogen-bond donors (Lipinski definition) is 3. The quantitative estimate of drug-likeness (QED) is 0.248. The number of amides is 1. The number of benzene rings is 2. The van der Waals surface area contributed by atoms with Crippen LogP contribution in [0.1, 0.15) is 63.1 Å². The third-order valence-corrected chi connectivity index (χ3v) is 8.19. The molecule has 0 saturated carbocycles. The van der Waals surface area contributed by atoms with Gasteiger partial charge in [-0.2, -0.15) is 13.2 Å². The molecule has 2 fully saturated rings. The number of likely N-dealkylation sites (tertiary alicyclic amines) is 2. The Hall–Kier alpha value is -4.39. The van der Waals surface area contributed by atoms with Crippen LogP contribution < -0.4 is 15.8 Å². The fraction of sp³-hybridized carbons (Fsp3) is 0.455. The monoisotopic (exact) mass is 639 g/mol. The van der Waals surface area contributed by atoms with Crippen molar-refractivity contribution in [3.63, 3.8) is 0 Å². The van der Waals surface area contributed by atoms with Crippen molar-refractivity contribution in [1.82, 2.24) is 19.8 Å². The summed E-state index contributed by atoms with van der Waals surface area (Å²) >= 11 is 0. The number of carbonyl (C=O) groups excluding carboxylic acids is 1. The Morgan fingerprint density at radius 1 is 0.913 bits per heavy atom. The van der Waals surface area contributed by atoms with Gasteiger partial charge in [0.1, 0.15) is 35.1 Å². The second kappa shape index (κ2) is 13.5. The van der Waals surface area contributed by atoms with Crippen LogP contribution in [0.4, 0.5) is 29.6 Å². The van der Waals surface area contributed by atoms with Crippen LogP contribution in [0.5, 0.6) is 11.5 Å². The average molecular weight is 640 g/mol. The predicted molar refractivity (Wildman–Crippen MR) is 169 cm³/mol. The molecule has 1 amide bonds. The van der Waals surface area contributed by atoms with Crippen molar-refractivity contribution < 1.29 is 27.4 Å². The molecule has 0 bridgehead atoms. The third kappa shape index (κ3) is 8.25. The maximum absolute atomic E-state index is 12.8. The topological polar surface area (TPSA) is 130 Å². The van der Waals surface area contributed by atoms with Crippen molar-refractivity contribution in [1.29, 1.82) is 5.41 Å². The lowest BCUT2D eigenvalue weighted by Gasteiger charge is -2.42. The van der Waals surface area contributed by atoms with E-state index in [1.807, 2.05) is 20.8 Å². The lowest BCUT2D eigenvalue weighted by Crippen LogP contribution is -2.51. The number of piperidine rings is 2. The van der Waals surface area contributed by atoms with Crippen molar-refractivity contribution in [3.05, 3.63) is 71.5 Å². The van der Waals surface area contributed by atoms with E-state index in [-0.39, 0.29) is 29.4 Å². The molecule has 0 aliphatic carbocycles. The van der Waals surface area contributed by atoms with Crippen LogP contribution in [-0.2, 0) is 10.9 Å². The highest BCUT2D eigenvalue weighted by Crippen LogP contribution is 2.32. The summed E-state index contributed by atoms with van der Waals surface area (Å²) in [6, 6.07) is 11.7. The third-order valence-electron chi connectivity index (χ3n) is 8.19. The lowest BCUT2D eigenvalue weighted by atomic mass is 9.97. The van der Waals surface area contributed by atoms with E-state index >= 15 is 0 Å². The Morgan fingerprint density at radius 2 is 1.50 bits per heavy atom. The number of ether oxygens (including phenoxy) is 2. The van der Waals surface area contributed by atoms with Crippen LogP contribution in [0.2, 0.25) is 0 Å². The van der Waals surface area contributed by atoms with E-state index < -0.39 is 17.3 Å². The molecule has 1 aromatic heterocycles. The maximum Gasteiger partial charge on any atom is 0.416 e. The van der Waals surface area contributed by atoms with Crippen molar-refractivity contribution in [2.75, 3.05) is 37.2 Å². The Morgan fingerprint density at radius 3 is 2.07 bits per heavy atom. The number of nitrogens with one attached hydrogen (secondary N) is 2. The number of nitrogens with zero attached hydrogens (tertiary/aromatic N) is 4. The number of alkyl halides is 3. The van der Waals surface area contributed by atoms with E-state index in [1.165, 1.54) is 18.5 Å². The number of aromatic nitrogens is 2. The van der Waals surface area contributed by atoms with Crippen LogP contribution >= 0.6 is 0 Å². The minimum Gasteiger partial charge on any atom is -0.457 e. The lowest BCUT2D eigenvalue weighted by molar-refractivity contribution is -0.137. The van der Waals surface area contributed by atoms with Crippen LogP contribution in [0, 0.1) is 5.41 Å². The second-order valence-electron chi connectivity index (χ2n) is 12.7. The van der Waals surface area contributed by atoms with Gasteiger partial charge in [0.15, 0.2) is 0 Å². The van der Waals surface area contributed by atoms with Crippen molar-refractivity contribution in [3.8, 4) is 11.5 Å². The van der Waals surface area contributed by atoms with Gasteiger partial charge in [0.05, 0.1) is 16.8 Å². The first-order valence-corrected chi connectivity index (χ1v) is 15.4. The molecular formula is C33H40F3N7O3. The molecule has 3 aromatic rings. The van der Waals surface area contributed by atoms with Gasteiger partial charge in [-0.15, -0.1) is 0 Å². The van der Waals surface area contributed by atoms with E-state index in [2.05, 4.69) is 20.2 Å². The number of nitrogen functional groups attached to an aromatic ring is 1. The van der Waals surface area contributed by atoms with Gasteiger partial charge in [0, 0.05) is 43.8 Å². The first kappa shape index (κ1) is 33.0. The summed E-state index contributed by atoms with van der Waals surface area (Å²) in [6.07, 6.45) is 0.311. The van der Waals surface area contributed by atoms with Crippen LogP contribution in [0.3, 0.4) is 0 Å². The molecule has 2 aliphatic rings. The largest absolute Gasteiger partial charge is 0.457 e. The van der Waals surface area contributed by atoms with Gasteiger partial charge in [-0.1, -0.05) is 0 Å². The van der Waals surface area contributed by atoms with Crippen molar-refractivity contribution in [2.45, 2.75) is 70.3 Å². The molecule has 10 nitrogen and oxygen atoms in total. The molecule has 0 spiro atoms. The minimum atomic E-state index is -4.42. The zero-order chi connectivity index (χ0) is 33.1. The fourth-order valence-corrected chi connectivity index (χ4v) is 5.78. The Labute approximate surface area is 266 Å². The molecule has 0 unspecified atom stereocenters. The highest BCUT2D eigenvalue weighted by molar-refractivity contribution is 6.16. The molecule has 2 saturated heterocycles. The first-order valence-electron chi connectivity index (χ1n) is 15.4. The number of rotatable bonds is 7. The molecule has 0 radical (unpaired) electrons. The molecule has 2 aliphatic heterocycles. The summed E-state index contributed by atoms with van der Waals surface area (Å²) in [5, 5.41) is 12.4. The van der Waals surface area contributed by atoms with E-state index in [4.69, 9.17) is 20.6 Å². The Bertz CT molecular complexity index is 1510. The standard InChI is InChI=1S/C33H40F3N7O3/c1-32(2,3)46-31(44)43-18-14-24(15-19-43)42-16-12-23(13-17-42)41-30-27(29(38)39-20-40-30)28(37)21-4-8-25(9-5-21)45-26-10-6-22(7-11-26)33(34,35)36/h4-11,20,23-24,37H,12-19H2,1-3H3,(H3,38,39,40,41). The van der Waals surface area contributed by atoms with Gasteiger partial charge < -0.3 is 30.3 Å². The molecule has 5 rings (SSSR count). The van der Waals surface area contributed by atoms with Crippen LogP contribution in [-0.4, -0.2) is 75.4 Å². The summed E-state index contributed by atoms with van der Waals surface area (Å²) in [5.41, 5.74) is 6.08. The van der Waals surface area contributed by atoms with Gasteiger partial charge in [-0.3, -0.25) is 5.41 Å². The molecular weight excluding hydrogens is 599 g/mol. The molecule has 246 valence electrons. The number of hydrogen-bond acceptors (Lipinski definition) is 9. The Kier molecular flexibility index (Phi) is 9.71. The summed E-state index contributed by atoms with van der Waals surface area (Å²) < 4.78 is 49.8. The maximum atomic E-state index is 12.8. The average Bonchev–Trinajstić information content (AvgIpc) is 3.01. The van der Waals surface area contributed by atoms with Crippen LogP contribution in [0.25, 0.3) is 0 Å². The normalized spacial score (nSPS) is 17.0. The molecule has 13 heteroatoms. The summed E-state index contributed by atoms with van der Waals surface area (Å²) in [4.78, 5) is 25.3. The number of halogens is 3. The zero-order valence-electron chi connectivity index (χ0n) is 26.2. The predicted octanol–water partition coefficient (Wildman–Crippen LogP) is 6.56. The van der Waals surface area contributed by atoms with Crippen molar-refractivity contribution >= 4 is 23.4 Å². The molecule has 4 N–H and O–H groups in total. The fourth-order valence-electron chi connectivity index (χ4n) is 5.78. The number of carbonyl (C=O) groups is 1. The van der Waals surface area contributed by atoms with E-state index in [0.717, 1.165) is 50.9 Å². The SMILES string of the molecule is CC(C)(C)OC(=O)N1CCC(N2CCC(Nc3ncnc(N)c3C(=N)c3ccc(Oc4ccc(C(F)(F)F)cc4)cc3)CC2)CC1. The highest BCUT2D eigenvalue weighted by atomic mass is 19.4. The Balaban J connectivity index is 1.16. The van der Waals surface area contributed by atoms with Gasteiger partial charge in [-0.05, 0) is 95.0 Å². The van der Waals surface area contributed by atoms with Gasteiger partial charge >= 0.3 is 12.3 Å². The highest BCUT2D eigenvalue weighted by Gasteiger charge is 2.32. The van der Waals surface area contributed by atoms with Crippen LogP contribution in [0.15, 0.2) is 54.9 Å². The van der Waals surface area contributed by atoms with Gasteiger partial charge in [0.2, 0.25) is 0 Å². The zero-order valence-corrected chi connectivity index (χ0v) is 26.2. The molecule has 3 heterocycles. The molecule has 2 aromatic carbocycles. The number of nitrogens with two attached hydrogens (primary N) is 1. The first-order chi connectivity index (χ1) is 21.8. The summed E-state index contributed by atoms with van der Waals surface area (Å²) in [7, 11) is 0. The summed E-state index contributed by atoms with van der Waals surface area (Å²) in [5.74, 6) is 1.35. The van der Waals surface area contributed by atoms with Crippen molar-refractivity contribution in [2.24, 2.45) is 0 Å². The van der Waals surface area contributed by atoms with Gasteiger partial charge in [-0.25, -0.2) is 14.8 Å². The smallest absolute Gasteiger partial charge is 0.416 e. The molecule has 46 heavy (non-hydrogen) atoms. The summed E-state index contributed by atoms with van der Waals surface area (Å²) in [6.45, 7) is 8.81.